The number of nitrogens with one attached hydrogen (secondary N) is 1. The number of amides is 1. The minimum absolute atomic E-state index is 0.0309. The highest BCUT2D eigenvalue weighted by atomic mass is 16.7. The zero-order valence-corrected chi connectivity index (χ0v) is 24.7. The summed E-state index contributed by atoms with van der Waals surface area (Å²) in [5, 5.41) is 11.6. The first-order valence-corrected chi connectivity index (χ1v) is 14.7. The molecule has 1 aromatic heterocycles. The van der Waals surface area contributed by atoms with Crippen molar-refractivity contribution in [3.63, 3.8) is 0 Å². The number of carbonyl (C=O) groups excluding carboxylic acids is 2. The maximum atomic E-state index is 13.5. The molecule has 13 nitrogen and oxygen atoms in total. The lowest BCUT2D eigenvalue weighted by Crippen LogP contribution is -2.37. The van der Waals surface area contributed by atoms with E-state index in [2.05, 4.69) is 15.6 Å². The number of esters is 1. The highest BCUT2D eigenvalue weighted by Crippen LogP contribution is 2.56. The fraction of sp³-hybridized carbons (Fsp3) is 0.484. The number of carbonyl (C=O) groups is 2. The first-order chi connectivity index (χ1) is 21.5. The molecule has 7 rings (SSSR count). The summed E-state index contributed by atoms with van der Waals surface area (Å²) >= 11 is 0. The number of hydrogen-bond donors (Lipinski definition) is 1. The summed E-state index contributed by atoms with van der Waals surface area (Å²) in [5.41, 5.74) is 3.04. The Morgan fingerprint density at radius 2 is 1.68 bits per heavy atom. The van der Waals surface area contributed by atoms with Gasteiger partial charge in [0.2, 0.25) is 12.5 Å². The zero-order valence-electron chi connectivity index (χ0n) is 24.7. The van der Waals surface area contributed by atoms with Crippen LogP contribution < -0.4 is 29.0 Å². The number of methoxy groups -OCH3 is 3. The van der Waals surface area contributed by atoms with E-state index in [-0.39, 0.29) is 37.9 Å². The van der Waals surface area contributed by atoms with Crippen LogP contribution in [0.3, 0.4) is 0 Å². The molecule has 1 saturated heterocycles. The molecule has 2 aromatic carbocycles. The average molecular weight is 607 g/mol. The van der Waals surface area contributed by atoms with Crippen LogP contribution in [-0.4, -0.2) is 67.8 Å². The number of aromatic nitrogens is 3. The molecule has 2 fully saturated rings. The second kappa shape index (κ2) is 11.4. The van der Waals surface area contributed by atoms with Crippen molar-refractivity contribution in [1.29, 1.82) is 0 Å². The average Bonchev–Trinajstić information content (AvgIpc) is 3.86. The Balaban J connectivity index is 1.27. The zero-order chi connectivity index (χ0) is 30.4. The summed E-state index contributed by atoms with van der Waals surface area (Å²) in [6, 6.07) is 7.34. The molecule has 232 valence electrons. The van der Waals surface area contributed by atoms with Crippen LogP contribution in [0, 0.1) is 11.8 Å². The van der Waals surface area contributed by atoms with Gasteiger partial charge in [-0.2, -0.15) is 0 Å². The molecule has 0 radical (unpaired) electrons. The van der Waals surface area contributed by atoms with Crippen molar-refractivity contribution in [3.05, 3.63) is 52.8 Å². The van der Waals surface area contributed by atoms with Gasteiger partial charge in [0.05, 0.1) is 46.1 Å². The first-order valence-electron chi connectivity index (χ1n) is 14.7. The van der Waals surface area contributed by atoms with Crippen molar-refractivity contribution >= 4 is 12.1 Å². The Labute approximate surface area is 253 Å². The van der Waals surface area contributed by atoms with E-state index in [0.717, 1.165) is 42.4 Å². The first kappa shape index (κ1) is 28.1. The molecule has 4 aliphatic rings. The van der Waals surface area contributed by atoms with E-state index >= 15 is 0 Å². The standard InChI is InChI=1S/C31H34N4O9/c1-38-24-8-16(9-25(39-2)29(24)40-3)26-19-10-22-23(44-15-43-22)11-20(19)28(21-14-41-30(36)27(21)26)35-12-18(33-34-35)13-42-31(37)32-17-6-4-5-7-17/h8-12,17,21,26-28H,4-7,13-15H2,1-3H3,(H,32,37)/t21-,26+,27-,28+/m0/s1. The summed E-state index contributed by atoms with van der Waals surface area (Å²) in [5.74, 6) is 1.03. The maximum absolute atomic E-state index is 13.5. The molecule has 3 heterocycles. The van der Waals surface area contributed by atoms with E-state index < -0.39 is 24.0 Å². The minimum Gasteiger partial charge on any atom is -0.493 e. The Kier molecular flexibility index (Phi) is 7.31. The van der Waals surface area contributed by atoms with Crippen molar-refractivity contribution in [1.82, 2.24) is 20.3 Å². The van der Waals surface area contributed by atoms with Gasteiger partial charge in [-0.1, -0.05) is 18.1 Å². The number of benzene rings is 2. The minimum atomic E-state index is -0.559. The van der Waals surface area contributed by atoms with Gasteiger partial charge in [-0.05, 0) is 53.8 Å². The molecule has 3 aromatic rings. The molecule has 44 heavy (non-hydrogen) atoms. The van der Waals surface area contributed by atoms with Gasteiger partial charge in [-0.15, -0.1) is 5.10 Å². The second-order valence-corrected chi connectivity index (χ2v) is 11.4. The Morgan fingerprint density at radius 1 is 0.977 bits per heavy atom. The van der Waals surface area contributed by atoms with Crippen LogP contribution in [0.4, 0.5) is 4.79 Å². The summed E-state index contributed by atoms with van der Waals surface area (Å²) in [4.78, 5) is 25.8. The van der Waals surface area contributed by atoms with Crippen LogP contribution in [-0.2, 0) is 20.9 Å². The Hall–Kier alpha value is -4.68. The highest BCUT2D eigenvalue weighted by molar-refractivity contribution is 5.79. The molecule has 4 atom stereocenters. The van der Waals surface area contributed by atoms with Crippen molar-refractivity contribution in [2.24, 2.45) is 11.8 Å². The molecule has 2 aliphatic heterocycles. The largest absolute Gasteiger partial charge is 0.493 e. The van der Waals surface area contributed by atoms with Gasteiger partial charge in [0, 0.05) is 17.9 Å². The molecular weight excluding hydrogens is 572 g/mol. The summed E-state index contributed by atoms with van der Waals surface area (Å²) in [6.07, 6.45) is 5.43. The van der Waals surface area contributed by atoms with Crippen LogP contribution in [0.1, 0.15) is 60.0 Å². The summed E-state index contributed by atoms with van der Waals surface area (Å²) in [7, 11) is 4.66. The van der Waals surface area contributed by atoms with E-state index in [1.807, 2.05) is 24.3 Å². The molecule has 0 unspecified atom stereocenters. The number of nitrogens with zero attached hydrogens (tertiary/aromatic N) is 3. The van der Waals surface area contributed by atoms with Gasteiger partial charge in [-0.25, -0.2) is 9.48 Å². The van der Waals surface area contributed by atoms with Crippen molar-refractivity contribution in [2.75, 3.05) is 34.7 Å². The predicted molar refractivity (Wildman–Crippen MR) is 152 cm³/mol. The van der Waals surface area contributed by atoms with Gasteiger partial charge in [-0.3, -0.25) is 4.79 Å². The van der Waals surface area contributed by atoms with E-state index in [1.54, 1.807) is 32.2 Å². The van der Waals surface area contributed by atoms with Crippen molar-refractivity contribution < 1.29 is 42.7 Å². The third-order valence-corrected chi connectivity index (χ3v) is 9.07. The molecule has 1 amide bonds. The normalized spacial score (nSPS) is 23.5. The lowest BCUT2D eigenvalue weighted by atomic mass is 9.65. The lowest BCUT2D eigenvalue weighted by Gasteiger charge is -2.39. The SMILES string of the molecule is COc1cc([C@@H]2c3cc4c(cc3[C@@H](n3cc(COC(=O)NC5CCCC5)nn3)[C@H]3COC(=O)[C@H]23)OCO4)cc(OC)c1OC. The number of cyclic esters (lactones) is 1. The second-order valence-electron chi connectivity index (χ2n) is 11.4. The highest BCUT2D eigenvalue weighted by Gasteiger charge is 2.53. The van der Waals surface area contributed by atoms with Gasteiger partial charge in [0.1, 0.15) is 12.3 Å². The number of alkyl carbamates (subject to hydrolysis) is 1. The summed E-state index contributed by atoms with van der Waals surface area (Å²) < 4.78 is 41.3. The molecule has 2 aliphatic carbocycles. The van der Waals surface area contributed by atoms with Crippen LogP contribution in [0.15, 0.2) is 30.5 Å². The fourth-order valence-corrected chi connectivity index (χ4v) is 7.09. The van der Waals surface area contributed by atoms with Crippen molar-refractivity contribution in [3.8, 4) is 28.7 Å². The fourth-order valence-electron chi connectivity index (χ4n) is 7.09. The third kappa shape index (κ3) is 4.80. The van der Waals surface area contributed by atoms with Crippen LogP contribution in [0.25, 0.3) is 0 Å². The third-order valence-electron chi connectivity index (χ3n) is 9.07. The molecule has 0 bridgehead atoms. The number of rotatable bonds is 8. The molecule has 0 spiro atoms. The smallest absolute Gasteiger partial charge is 0.407 e. The van der Waals surface area contributed by atoms with Crippen LogP contribution in [0.2, 0.25) is 0 Å². The lowest BCUT2D eigenvalue weighted by molar-refractivity contribution is -0.141. The monoisotopic (exact) mass is 606 g/mol. The number of fused-ring (bicyclic) bond motifs is 3. The molecule has 1 saturated carbocycles. The van der Waals surface area contributed by atoms with E-state index in [0.29, 0.717) is 34.4 Å². The molecule has 13 heteroatoms. The van der Waals surface area contributed by atoms with Gasteiger partial charge in [0.25, 0.3) is 0 Å². The van der Waals surface area contributed by atoms with Crippen molar-refractivity contribution in [2.45, 2.75) is 50.3 Å². The summed E-state index contributed by atoms with van der Waals surface area (Å²) in [6.45, 7) is 0.260. The van der Waals surface area contributed by atoms with Gasteiger partial charge < -0.3 is 38.5 Å². The Bertz CT molecular complexity index is 1560. The van der Waals surface area contributed by atoms with Crippen LogP contribution in [0.5, 0.6) is 28.7 Å². The van der Waals surface area contributed by atoms with E-state index in [4.69, 9.17) is 33.2 Å². The van der Waals surface area contributed by atoms with Gasteiger partial charge >= 0.3 is 12.1 Å². The van der Waals surface area contributed by atoms with E-state index in [1.165, 1.54) is 0 Å². The topological polar surface area (TPSA) is 141 Å². The van der Waals surface area contributed by atoms with Gasteiger partial charge in [0.15, 0.2) is 23.0 Å². The quantitative estimate of drug-likeness (QED) is 0.375. The van der Waals surface area contributed by atoms with E-state index in [9.17, 15) is 9.59 Å². The predicted octanol–water partition coefficient (Wildman–Crippen LogP) is 3.73. The molecular formula is C31H34N4O9. The maximum Gasteiger partial charge on any atom is 0.407 e. The number of hydrogen-bond acceptors (Lipinski definition) is 11. The Morgan fingerprint density at radius 3 is 2.36 bits per heavy atom. The van der Waals surface area contributed by atoms with Crippen LogP contribution >= 0.6 is 0 Å². The molecule has 1 N–H and O–H groups in total. The number of ether oxygens (including phenoxy) is 7.